The number of hydrogen-bond donors (Lipinski definition) is 1. The van der Waals surface area contributed by atoms with Crippen molar-refractivity contribution < 1.29 is 4.74 Å². The summed E-state index contributed by atoms with van der Waals surface area (Å²) in [6.45, 7) is 0. The molecular formula is C14H13BrNO2-. The van der Waals surface area contributed by atoms with Crippen LogP contribution < -0.4 is 10.2 Å². The first-order valence-corrected chi connectivity index (χ1v) is 6.62. The minimum atomic E-state index is 0.541. The lowest BCUT2D eigenvalue weighted by Gasteiger charge is -2.13. The molecular weight excluding hydrogens is 294 g/mol. The van der Waals surface area contributed by atoms with Gasteiger partial charge in [-0.15, -0.1) is 0 Å². The standard InChI is InChI=1S/C14H13BrNO2/c1-18-14-6-5-10(9-15)7-13(14)11-3-2-4-12(8-11)16-17/h2-8,16H,9H2,1H3/q-1. The summed E-state index contributed by atoms with van der Waals surface area (Å²) in [5, 5.41) is 11.5. The van der Waals surface area contributed by atoms with Crippen LogP contribution in [0.1, 0.15) is 5.56 Å². The van der Waals surface area contributed by atoms with Gasteiger partial charge in [-0.05, 0) is 35.4 Å². The lowest BCUT2D eigenvalue weighted by atomic mass is 10.0. The van der Waals surface area contributed by atoms with Crippen molar-refractivity contribution in [3.8, 4) is 16.9 Å². The number of methoxy groups -OCH3 is 1. The normalized spacial score (nSPS) is 10.2. The Morgan fingerprint density at radius 3 is 2.72 bits per heavy atom. The average Bonchev–Trinajstić information content (AvgIpc) is 2.46. The smallest absolute Gasteiger partial charge is 0.126 e. The Balaban J connectivity index is 2.53. The summed E-state index contributed by atoms with van der Waals surface area (Å²) in [4.78, 5) is 0. The zero-order valence-corrected chi connectivity index (χ0v) is 11.5. The number of rotatable bonds is 4. The summed E-state index contributed by atoms with van der Waals surface area (Å²) >= 11 is 3.44. The number of benzene rings is 2. The summed E-state index contributed by atoms with van der Waals surface area (Å²) in [5.41, 5.74) is 5.53. The summed E-state index contributed by atoms with van der Waals surface area (Å²) in [6, 6.07) is 13.3. The van der Waals surface area contributed by atoms with E-state index in [0.29, 0.717) is 5.69 Å². The molecule has 2 aromatic carbocycles. The van der Waals surface area contributed by atoms with Gasteiger partial charge in [-0.3, -0.25) is 0 Å². The SMILES string of the molecule is COc1ccc(CBr)cc1-c1cccc(N[O-])c1. The Morgan fingerprint density at radius 1 is 1.22 bits per heavy atom. The fourth-order valence-corrected chi connectivity index (χ4v) is 2.16. The molecule has 4 heteroatoms. The Labute approximate surface area is 114 Å². The number of nitrogens with one attached hydrogen (secondary N) is 1. The third kappa shape index (κ3) is 2.66. The molecule has 1 N–H and O–H groups in total. The fraction of sp³-hybridized carbons (Fsp3) is 0.143. The number of halogens is 1. The number of alkyl halides is 1. The van der Waals surface area contributed by atoms with Crippen LogP contribution >= 0.6 is 15.9 Å². The highest BCUT2D eigenvalue weighted by Crippen LogP contribution is 2.32. The van der Waals surface area contributed by atoms with E-state index >= 15 is 0 Å². The third-order valence-electron chi connectivity index (χ3n) is 2.71. The predicted molar refractivity (Wildman–Crippen MR) is 78.1 cm³/mol. The maximum atomic E-state index is 10.7. The molecule has 0 spiro atoms. The Kier molecular flexibility index (Phi) is 4.23. The monoisotopic (exact) mass is 306 g/mol. The number of ether oxygens (including phenoxy) is 1. The second-order valence-electron chi connectivity index (χ2n) is 3.85. The molecule has 0 saturated carbocycles. The maximum absolute atomic E-state index is 10.7. The minimum Gasteiger partial charge on any atom is -0.761 e. The highest BCUT2D eigenvalue weighted by atomic mass is 79.9. The Morgan fingerprint density at radius 2 is 2.06 bits per heavy atom. The molecule has 3 nitrogen and oxygen atoms in total. The molecule has 0 amide bonds. The van der Waals surface area contributed by atoms with Crippen LogP contribution in [-0.2, 0) is 5.33 Å². The van der Waals surface area contributed by atoms with E-state index in [2.05, 4.69) is 22.0 Å². The molecule has 0 radical (unpaired) electrons. The lowest BCUT2D eigenvalue weighted by molar-refractivity contribution is 0.416. The molecule has 0 heterocycles. The molecule has 0 aliphatic heterocycles. The first-order valence-electron chi connectivity index (χ1n) is 5.50. The van der Waals surface area contributed by atoms with E-state index < -0.39 is 0 Å². The first kappa shape index (κ1) is 12.9. The van der Waals surface area contributed by atoms with Gasteiger partial charge in [0.15, 0.2) is 0 Å². The van der Waals surface area contributed by atoms with E-state index in [-0.39, 0.29) is 0 Å². The van der Waals surface area contributed by atoms with Crippen molar-refractivity contribution in [1.29, 1.82) is 0 Å². The summed E-state index contributed by atoms with van der Waals surface area (Å²) in [7, 11) is 1.64. The van der Waals surface area contributed by atoms with Crippen LogP contribution in [0.3, 0.4) is 0 Å². The Bertz CT molecular complexity index is 543. The van der Waals surface area contributed by atoms with E-state index in [1.54, 1.807) is 13.2 Å². The average molecular weight is 307 g/mol. The Hall–Kier alpha value is -1.52. The van der Waals surface area contributed by atoms with E-state index in [1.165, 1.54) is 0 Å². The topological polar surface area (TPSA) is 44.3 Å². The van der Waals surface area contributed by atoms with E-state index in [4.69, 9.17) is 4.74 Å². The zero-order valence-electron chi connectivity index (χ0n) is 9.94. The maximum Gasteiger partial charge on any atom is 0.126 e. The quantitative estimate of drug-likeness (QED) is 0.681. The molecule has 2 aromatic rings. The van der Waals surface area contributed by atoms with Crippen molar-refractivity contribution in [2.75, 3.05) is 12.6 Å². The summed E-state index contributed by atoms with van der Waals surface area (Å²) < 4.78 is 5.36. The van der Waals surface area contributed by atoms with Gasteiger partial charge >= 0.3 is 0 Å². The van der Waals surface area contributed by atoms with Crippen LogP contribution in [0.25, 0.3) is 11.1 Å². The van der Waals surface area contributed by atoms with Crippen molar-refractivity contribution >= 4 is 21.6 Å². The molecule has 2 rings (SSSR count). The second kappa shape index (κ2) is 5.89. The number of hydrogen-bond acceptors (Lipinski definition) is 3. The highest BCUT2D eigenvalue weighted by molar-refractivity contribution is 9.08. The molecule has 0 saturated heterocycles. The van der Waals surface area contributed by atoms with Gasteiger partial charge in [0.25, 0.3) is 0 Å². The molecule has 0 bridgehead atoms. The zero-order chi connectivity index (χ0) is 13.0. The van der Waals surface area contributed by atoms with Gasteiger partial charge in [-0.1, -0.05) is 34.1 Å². The number of anilines is 1. The molecule has 0 aliphatic carbocycles. The van der Waals surface area contributed by atoms with Crippen molar-refractivity contribution in [2.24, 2.45) is 0 Å². The van der Waals surface area contributed by atoms with Gasteiger partial charge in [0.1, 0.15) is 5.75 Å². The van der Waals surface area contributed by atoms with Crippen molar-refractivity contribution in [2.45, 2.75) is 5.33 Å². The predicted octanol–water partition coefficient (Wildman–Crippen LogP) is 4.17. The van der Waals surface area contributed by atoms with Gasteiger partial charge in [0.05, 0.1) is 7.11 Å². The van der Waals surface area contributed by atoms with Gasteiger partial charge in [-0.2, -0.15) is 0 Å². The third-order valence-corrected chi connectivity index (χ3v) is 3.36. The van der Waals surface area contributed by atoms with Crippen LogP contribution in [0.5, 0.6) is 5.75 Å². The molecule has 0 atom stereocenters. The van der Waals surface area contributed by atoms with Crippen molar-refractivity contribution in [1.82, 2.24) is 0 Å². The van der Waals surface area contributed by atoms with Crippen molar-refractivity contribution in [3.63, 3.8) is 0 Å². The first-order chi connectivity index (χ1) is 8.78. The molecule has 0 aliphatic rings. The minimum absolute atomic E-state index is 0.541. The largest absolute Gasteiger partial charge is 0.761 e. The van der Waals surface area contributed by atoms with Gasteiger partial charge in [0.2, 0.25) is 0 Å². The van der Waals surface area contributed by atoms with E-state index in [0.717, 1.165) is 27.8 Å². The molecule has 0 fully saturated rings. The lowest BCUT2D eigenvalue weighted by Crippen LogP contribution is -1.91. The molecule has 94 valence electrons. The van der Waals surface area contributed by atoms with Crippen LogP contribution in [0.15, 0.2) is 42.5 Å². The van der Waals surface area contributed by atoms with Crippen LogP contribution in [0, 0.1) is 5.21 Å². The summed E-state index contributed by atoms with van der Waals surface area (Å²) in [6.07, 6.45) is 0. The van der Waals surface area contributed by atoms with E-state index in [9.17, 15) is 5.21 Å². The molecule has 0 unspecified atom stereocenters. The fourth-order valence-electron chi connectivity index (χ4n) is 1.81. The van der Waals surface area contributed by atoms with Crippen LogP contribution in [0.2, 0.25) is 0 Å². The van der Waals surface area contributed by atoms with Gasteiger partial charge < -0.3 is 15.4 Å². The highest BCUT2D eigenvalue weighted by Gasteiger charge is 2.07. The molecule has 0 aromatic heterocycles. The van der Waals surface area contributed by atoms with E-state index in [1.807, 2.05) is 35.8 Å². The van der Waals surface area contributed by atoms with Crippen LogP contribution in [-0.4, -0.2) is 7.11 Å². The van der Waals surface area contributed by atoms with Crippen molar-refractivity contribution in [3.05, 3.63) is 53.2 Å². The summed E-state index contributed by atoms with van der Waals surface area (Å²) in [5.74, 6) is 0.794. The second-order valence-corrected chi connectivity index (χ2v) is 4.41. The van der Waals surface area contributed by atoms with Gasteiger partial charge in [-0.25, -0.2) is 0 Å². The molecule has 18 heavy (non-hydrogen) atoms. The van der Waals surface area contributed by atoms with Crippen LogP contribution in [0.4, 0.5) is 5.69 Å². The van der Waals surface area contributed by atoms with Gasteiger partial charge in [0, 0.05) is 16.6 Å².